The van der Waals surface area contributed by atoms with E-state index in [4.69, 9.17) is 0 Å². The topological polar surface area (TPSA) is 49.4 Å². The number of piperidine rings is 1. The number of carbonyl (C=O) groups excluding carboxylic acids is 2. The van der Waals surface area contributed by atoms with Crippen molar-refractivity contribution in [2.75, 3.05) is 19.6 Å². The highest BCUT2D eigenvalue weighted by molar-refractivity contribution is 7.13. The first-order chi connectivity index (χ1) is 14.0. The molecule has 2 amide bonds. The van der Waals surface area contributed by atoms with Crippen LogP contribution in [0.2, 0.25) is 0 Å². The fourth-order valence-electron chi connectivity index (χ4n) is 4.60. The first-order valence-corrected chi connectivity index (χ1v) is 11.6. The van der Waals surface area contributed by atoms with Crippen LogP contribution in [0.4, 0.5) is 0 Å². The number of benzene rings is 1. The molecule has 0 spiro atoms. The van der Waals surface area contributed by atoms with Crippen LogP contribution in [0.3, 0.4) is 0 Å². The first kappa shape index (κ1) is 20.1. The summed E-state index contributed by atoms with van der Waals surface area (Å²) in [6, 6.07) is 12.6. The second-order valence-corrected chi connectivity index (χ2v) is 9.54. The van der Waals surface area contributed by atoms with Crippen LogP contribution < -0.4 is 5.32 Å². The van der Waals surface area contributed by atoms with Crippen molar-refractivity contribution in [2.24, 2.45) is 17.3 Å². The lowest BCUT2D eigenvalue weighted by molar-refractivity contribution is -0.141. The van der Waals surface area contributed by atoms with Gasteiger partial charge in [-0.15, -0.1) is 11.3 Å². The number of hydrogen-bond donors (Lipinski definition) is 1. The molecule has 29 heavy (non-hydrogen) atoms. The normalized spacial score (nSPS) is 22.9. The molecule has 4 nitrogen and oxygen atoms in total. The fourth-order valence-corrected chi connectivity index (χ4v) is 5.39. The van der Waals surface area contributed by atoms with Gasteiger partial charge in [-0.25, -0.2) is 0 Å². The van der Waals surface area contributed by atoms with Gasteiger partial charge < -0.3 is 10.2 Å². The smallest absolute Gasteiger partial charge is 0.226 e. The number of rotatable bonds is 6. The van der Waals surface area contributed by atoms with Gasteiger partial charge in [-0.05, 0) is 61.1 Å². The number of carbonyl (C=O) groups is 2. The lowest BCUT2D eigenvalue weighted by Crippen LogP contribution is -2.51. The summed E-state index contributed by atoms with van der Waals surface area (Å²) in [7, 11) is 0. The van der Waals surface area contributed by atoms with Gasteiger partial charge in [0, 0.05) is 30.4 Å². The van der Waals surface area contributed by atoms with Gasteiger partial charge in [-0.2, -0.15) is 0 Å². The van der Waals surface area contributed by atoms with Crippen LogP contribution in [0.1, 0.15) is 38.7 Å². The number of nitrogens with zero attached hydrogens (tertiary/aromatic N) is 1. The van der Waals surface area contributed by atoms with Gasteiger partial charge in [-0.1, -0.05) is 37.3 Å². The molecular weight excluding hydrogens is 380 g/mol. The number of amides is 2. The largest absolute Gasteiger partial charge is 0.356 e. The van der Waals surface area contributed by atoms with Crippen molar-refractivity contribution in [1.82, 2.24) is 10.2 Å². The Bertz CT molecular complexity index is 869. The Balaban J connectivity index is 1.56. The molecule has 1 aromatic heterocycles. The van der Waals surface area contributed by atoms with Crippen molar-refractivity contribution in [3.05, 3.63) is 47.3 Å². The van der Waals surface area contributed by atoms with E-state index in [9.17, 15) is 9.59 Å². The van der Waals surface area contributed by atoms with Gasteiger partial charge >= 0.3 is 0 Å². The highest BCUT2D eigenvalue weighted by atomic mass is 32.1. The summed E-state index contributed by atoms with van der Waals surface area (Å²) in [5.74, 6) is 1.16. The highest BCUT2D eigenvalue weighted by Crippen LogP contribution is 2.43. The zero-order valence-corrected chi connectivity index (χ0v) is 18.1. The predicted octanol–water partition coefficient (Wildman–Crippen LogP) is 4.36. The second kappa shape index (κ2) is 8.31. The Labute approximate surface area is 177 Å². The summed E-state index contributed by atoms with van der Waals surface area (Å²) in [6.45, 7) is 6.11. The van der Waals surface area contributed by atoms with Crippen molar-refractivity contribution in [1.29, 1.82) is 0 Å². The number of hydrogen-bond acceptors (Lipinski definition) is 3. The molecule has 2 aliphatic rings. The molecule has 0 radical (unpaired) electrons. The Kier molecular flexibility index (Phi) is 5.77. The maximum atomic E-state index is 13.2. The minimum Gasteiger partial charge on any atom is -0.356 e. The third-order valence-electron chi connectivity index (χ3n) is 6.61. The Morgan fingerprint density at radius 2 is 1.90 bits per heavy atom. The minimum absolute atomic E-state index is 0.132. The summed E-state index contributed by atoms with van der Waals surface area (Å²) in [5.41, 5.74) is 1.99. The van der Waals surface area contributed by atoms with Gasteiger partial charge in [0.2, 0.25) is 11.8 Å². The van der Waals surface area contributed by atoms with E-state index in [-0.39, 0.29) is 11.8 Å². The van der Waals surface area contributed by atoms with Crippen molar-refractivity contribution in [2.45, 2.75) is 39.5 Å². The summed E-state index contributed by atoms with van der Waals surface area (Å²) in [6.07, 6.45) is 3.19. The maximum Gasteiger partial charge on any atom is 0.226 e. The molecule has 1 saturated carbocycles. The van der Waals surface area contributed by atoms with E-state index in [0.717, 1.165) is 25.7 Å². The van der Waals surface area contributed by atoms with E-state index in [1.54, 1.807) is 11.3 Å². The van der Waals surface area contributed by atoms with Gasteiger partial charge in [0.15, 0.2) is 0 Å². The third-order valence-corrected chi connectivity index (χ3v) is 7.51. The quantitative estimate of drug-likeness (QED) is 0.769. The molecule has 1 aliphatic heterocycles. The minimum atomic E-state index is -0.449. The molecule has 2 fully saturated rings. The Morgan fingerprint density at radius 1 is 1.17 bits per heavy atom. The third kappa shape index (κ3) is 4.11. The lowest BCUT2D eigenvalue weighted by atomic mass is 9.72. The molecule has 1 aliphatic carbocycles. The van der Waals surface area contributed by atoms with Crippen molar-refractivity contribution in [3.63, 3.8) is 0 Å². The summed E-state index contributed by atoms with van der Waals surface area (Å²) in [5, 5.41) is 5.17. The van der Waals surface area contributed by atoms with Crippen molar-refractivity contribution >= 4 is 23.2 Å². The van der Waals surface area contributed by atoms with E-state index in [1.165, 1.54) is 16.0 Å². The molecule has 2 unspecified atom stereocenters. The van der Waals surface area contributed by atoms with Crippen LogP contribution in [0.15, 0.2) is 41.8 Å². The van der Waals surface area contributed by atoms with Crippen molar-refractivity contribution < 1.29 is 9.59 Å². The molecule has 1 saturated heterocycles. The molecule has 0 bridgehead atoms. The number of thiophene rings is 1. The standard InChI is InChI=1S/C24H30N2O2S/c1-3-25-23(28)24(10-12-26(13-11-24)22(27)20-15-17(20)2)16-18-7-4-5-8-19(18)21-9-6-14-29-21/h4-9,14,17,20H,3,10-13,15-16H2,1-2H3,(H,25,28). The lowest BCUT2D eigenvalue weighted by Gasteiger charge is -2.41. The second-order valence-electron chi connectivity index (χ2n) is 8.60. The monoisotopic (exact) mass is 410 g/mol. The SMILES string of the molecule is CCNC(=O)C1(Cc2ccccc2-c2cccs2)CCN(C(=O)C2CC2C)CC1. The molecular formula is C24H30N2O2S. The van der Waals surface area contributed by atoms with Crippen molar-refractivity contribution in [3.8, 4) is 10.4 Å². The summed E-state index contributed by atoms with van der Waals surface area (Å²) >= 11 is 1.73. The van der Waals surface area contributed by atoms with E-state index in [2.05, 4.69) is 54.0 Å². The molecule has 2 aromatic rings. The van der Waals surface area contributed by atoms with Crippen LogP contribution in [-0.4, -0.2) is 36.3 Å². The Hall–Kier alpha value is -2.14. The first-order valence-electron chi connectivity index (χ1n) is 10.7. The highest BCUT2D eigenvalue weighted by Gasteiger charge is 2.46. The predicted molar refractivity (Wildman–Crippen MR) is 118 cm³/mol. The Morgan fingerprint density at radius 3 is 2.52 bits per heavy atom. The van der Waals surface area contributed by atoms with Crippen LogP contribution >= 0.6 is 11.3 Å². The van der Waals surface area contributed by atoms with E-state index < -0.39 is 5.41 Å². The molecule has 2 heterocycles. The average molecular weight is 411 g/mol. The summed E-state index contributed by atoms with van der Waals surface area (Å²) in [4.78, 5) is 29.1. The molecule has 4 rings (SSSR count). The molecule has 5 heteroatoms. The van der Waals surface area contributed by atoms with Gasteiger partial charge in [0.1, 0.15) is 0 Å². The van der Waals surface area contributed by atoms with E-state index in [0.29, 0.717) is 31.5 Å². The summed E-state index contributed by atoms with van der Waals surface area (Å²) < 4.78 is 0. The zero-order valence-electron chi connectivity index (χ0n) is 17.3. The van der Waals surface area contributed by atoms with Gasteiger partial charge in [0.05, 0.1) is 5.41 Å². The number of likely N-dealkylation sites (tertiary alicyclic amines) is 1. The van der Waals surface area contributed by atoms with Crippen LogP contribution in [-0.2, 0) is 16.0 Å². The molecule has 1 aromatic carbocycles. The van der Waals surface area contributed by atoms with Crippen LogP contribution in [0, 0.1) is 17.3 Å². The average Bonchev–Trinajstić information content (AvgIpc) is 3.22. The maximum absolute atomic E-state index is 13.2. The van der Waals surface area contributed by atoms with Gasteiger partial charge in [-0.3, -0.25) is 9.59 Å². The van der Waals surface area contributed by atoms with E-state index in [1.807, 2.05) is 11.8 Å². The van der Waals surface area contributed by atoms with Crippen LogP contribution in [0.5, 0.6) is 0 Å². The van der Waals surface area contributed by atoms with Gasteiger partial charge in [0.25, 0.3) is 0 Å². The molecule has 1 N–H and O–H groups in total. The zero-order chi connectivity index (χ0) is 20.4. The van der Waals surface area contributed by atoms with E-state index >= 15 is 0 Å². The van der Waals surface area contributed by atoms with Crippen LogP contribution in [0.25, 0.3) is 10.4 Å². The fraction of sp³-hybridized carbons (Fsp3) is 0.500. The number of nitrogens with one attached hydrogen (secondary N) is 1. The molecule has 2 atom stereocenters. The molecule has 154 valence electrons.